The van der Waals surface area contributed by atoms with E-state index >= 15 is 0 Å². The second-order valence-electron chi connectivity index (χ2n) is 2.66. The first-order chi connectivity index (χ1) is 6.77. The van der Waals surface area contributed by atoms with E-state index in [4.69, 9.17) is 5.26 Å². The predicted molar refractivity (Wildman–Crippen MR) is 61.8 cm³/mol. The van der Waals surface area contributed by atoms with Gasteiger partial charge in [0.15, 0.2) is 0 Å². The number of nitriles is 1. The number of rotatable bonds is 1. The summed E-state index contributed by atoms with van der Waals surface area (Å²) in [6.45, 7) is 8.03. The second-order valence-corrected chi connectivity index (χ2v) is 2.66. The van der Waals surface area contributed by atoms with Gasteiger partial charge in [-0.2, -0.15) is 5.26 Å². The van der Waals surface area contributed by atoms with Crippen LogP contribution in [0, 0.1) is 11.3 Å². The van der Waals surface area contributed by atoms with Crippen LogP contribution in [-0.2, 0) is 0 Å². The van der Waals surface area contributed by atoms with E-state index in [2.05, 4.69) is 6.07 Å². The molecule has 0 aliphatic heterocycles. The van der Waals surface area contributed by atoms with Crippen LogP contribution >= 0.6 is 0 Å². The van der Waals surface area contributed by atoms with Crippen LogP contribution in [0.25, 0.3) is 5.57 Å². The fourth-order valence-corrected chi connectivity index (χ4v) is 1.00. The van der Waals surface area contributed by atoms with Gasteiger partial charge in [-0.05, 0) is 37.1 Å². The zero-order valence-electron chi connectivity index (χ0n) is 9.33. The Hall–Kier alpha value is -1.55. The summed E-state index contributed by atoms with van der Waals surface area (Å²) in [6, 6.07) is 9.74. The van der Waals surface area contributed by atoms with E-state index in [1.54, 1.807) is 0 Å². The number of nitrogens with zero attached hydrogens (tertiary/aromatic N) is 1. The molecule has 0 saturated carbocycles. The summed E-state index contributed by atoms with van der Waals surface area (Å²) in [4.78, 5) is 0. The van der Waals surface area contributed by atoms with Crippen LogP contribution in [0.3, 0.4) is 0 Å². The monoisotopic (exact) mass is 187 g/mol. The summed E-state index contributed by atoms with van der Waals surface area (Å²) in [6.07, 6.45) is 2.04. The molecule has 0 aliphatic rings. The Labute approximate surface area is 86.7 Å². The summed E-state index contributed by atoms with van der Waals surface area (Å²) in [5.41, 5.74) is 3.04. The van der Waals surface area contributed by atoms with Crippen molar-refractivity contribution in [3.05, 3.63) is 41.5 Å². The molecule has 0 aliphatic carbocycles. The van der Waals surface area contributed by atoms with Gasteiger partial charge in [-0.3, -0.25) is 0 Å². The van der Waals surface area contributed by atoms with Gasteiger partial charge in [0.25, 0.3) is 0 Å². The van der Waals surface area contributed by atoms with Crippen molar-refractivity contribution < 1.29 is 0 Å². The van der Waals surface area contributed by atoms with Crippen molar-refractivity contribution in [1.82, 2.24) is 0 Å². The van der Waals surface area contributed by atoms with Crippen molar-refractivity contribution in [2.75, 3.05) is 0 Å². The average molecular weight is 187 g/mol. The first kappa shape index (κ1) is 12.4. The molecule has 0 fully saturated rings. The molecule has 74 valence electrons. The highest BCUT2D eigenvalue weighted by Gasteiger charge is 1.94. The second kappa shape index (κ2) is 6.91. The summed E-state index contributed by atoms with van der Waals surface area (Å²) >= 11 is 0. The van der Waals surface area contributed by atoms with Crippen LogP contribution in [-0.4, -0.2) is 0 Å². The minimum absolute atomic E-state index is 0.716. The Balaban J connectivity index is 0.000000791. The van der Waals surface area contributed by atoms with Crippen molar-refractivity contribution in [2.45, 2.75) is 27.7 Å². The standard InChI is InChI=1S/C11H11N.C2H6/c1-3-9(2)11-6-4-5-10(7-11)8-12;1-2/h3-7H,1-2H3;1-2H3/b9-3-;. The Kier molecular flexibility index (Phi) is 6.15. The highest BCUT2D eigenvalue weighted by molar-refractivity contribution is 5.64. The Morgan fingerprint density at radius 2 is 2.00 bits per heavy atom. The largest absolute Gasteiger partial charge is 0.192 e. The molecule has 1 nitrogen and oxygen atoms in total. The smallest absolute Gasteiger partial charge is 0.0991 e. The van der Waals surface area contributed by atoms with Gasteiger partial charge < -0.3 is 0 Å². The molecule has 0 N–H and O–H groups in total. The van der Waals surface area contributed by atoms with Gasteiger partial charge >= 0.3 is 0 Å². The number of benzene rings is 1. The fourth-order valence-electron chi connectivity index (χ4n) is 1.00. The third kappa shape index (κ3) is 3.45. The molecule has 0 bridgehead atoms. The van der Waals surface area contributed by atoms with Crippen LogP contribution in [0.5, 0.6) is 0 Å². The highest BCUT2D eigenvalue weighted by atomic mass is 14.2. The van der Waals surface area contributed by atoms with Gasteiger partial charge in [0.1, 0.15) is 0 Å². The van der Waals surface area contributed by atoms with Crippen LogP contribution in [0.4, 0.5) is 0 Å². The number of hydrogen-bond donors (Lipinski definition) is 0. The quantitative estimate of drug-likeness (QED) is 0.651. The van der Waals surface area contributed by atoms with Gasteiger partial charge in [0, 0.05) is 0 Å². The first-order valence-electron chi connectivity index (χ1n) is 4.91. The first-order valence-corrected chi connectivity index (χ1v) is 4.91. The number of allylic oxidation sites excluding steroid dienone is 2. The lowest BCUT2D eigenvalue weighted by molar-refractivity contribution is 1.46. The van der Waals surface area contributed by atoms with Crippen LogP contribution in [0.1, 0.15) is 38.8 Å². The van der Waals surface area contributed by atoms with Crippen molar-refractivity contribution >= 4 is 5.57 Å². The predicted octanol–water partition coefficient (Wildman–Crippen LogP) is 4.01. The summed E-state index contributed by atoms with van der Waals surface area (Å²) in [7, 11) is 0. The van der Waals surface area contributed by atoms with Gasteiger partial charge in [-0.1, -0.05) is 32.1 Å². The lowest BCUT2D eigenvalue weighted by Gasteiger charge is -1.99. The van der Waals surface area contributed by atoms with Crippen LogP contribution in [0.15, 0.2) is 30.3 Å². The molecule has 1 heteroatoms. The van der Waals surface area contributed by atoms with Crippen molar-refractivity contribution in [1.29, 1.82) is 5.26 Å². The zero-order chi connectivity index (χ0) is 11.0. The fraction of sp³-hybridized carbons (Fsp3) is 0.308. The lowest BCUT2D eigenvalue weighted by atomic mass is 10.1. The van der Waals surface area contributed by atoms with E-state index in [1.807, 2.05) is 58.0 Å². The zero-order valence-corrected chi connectivity index (χ0v) is 9.33. The number of hydrogen-bond acceptors (Lipinski definition) is 1. The molecule has 0 radical (unpaired) electrons. The van der Waals surface area contributed by atoms with E-state index in [9.17, 15) is 0 Å². The van der Waals surface area contributed by atoms with E-state index in [-0.39, 0.29) is 0 Å². The van der Waals surface area contributed by atoms with Gasteiger partial charge in [0.05, 0.1) is 11.6 Å². The normalized spacial score (nSPS) is 9.79. The minimum Gasteiger partial charge on any atom is -0.192 e. The van der Waals surface area contributed by atoms with Crippen molar-refractivity contribution in [3.8, 4) is 6.07 Å². The van der Waals surface area contributed by atoms with Crippen molar-refractivity contribution in [3.63, 3.8) is 0 Å². The molecule has 0 atom stereocenters. The third-order valence-electron chi connectivity index (χ3n) is 1.88. The lowest BCUT2D eigenvalue weighted by Crippen LogP contribution is -1.80. The molecule has 14 heavy (non-hydrogen) atoms. The molecule has 1 aromatic carbocycles. The maximum Gasteiger partial charge on any atom is 0.0991 e. The molecule has 0 heterocycles. The van der Waals surface area contributed by atoms with E-state index in [1.165, 1.54) is 5.57 Å². The third-order valence-corrected chi connectivity index (χ3v) is 1.88. The average Bonchev–Trinajstić information content (AvgIpc) is 2.30. The van der Waals surface area contributed by atoms with E-state index < -0.39 is 0 Å². The Morgan fingerprint density at radius 3 is 2.50 bits per heavy atom. The molecule has 0 aromatic heterocycles. The van der Waals surface area contributed by atoms with Crippen molar-refractivity contribution in [2.24, 2.45) is 0 Å². The topological polar surface area (TPSA) is 23.8 Å². The summed E-state index contributed by atoms with van der Waals surface area (Å²) in [5, 5.41) is 8.65. The molecule has 1 rings (SSSR count). The molecule has 1 aromatic rings. The minimum atomic E-state index is 0.716. The Bertz CT molecular complexity index is 342. The maximum absolute atomic E-state index is 8.65. The maximum atomic E-state index is 8.65. The summed E-state index contributed by atoms with van der Waals surface area (Å²) in [5.74, 6) is 0. The molecular formula is C13H17N. The van der Waals surface area contributed by atoms with Crippen LogP contribution in [0.2, 0.25) is 0 Å². The molecular weight excluding hydrogens is 170 g/mol. The summed E-state index contributed by atoms with van der Waals surface area (Å²) < 4.78 is 0. The molecule has 0 spiro atoms. The Morgan fingerprint density at radius 1 is 1.36 bits per heavy atom. The van der Waals surface area contributed by atoms with Gasteiger partial charge in [0.2, 0.25) is 0 Å². The molecule has 0 amide bonds. The van der Waals surface area contributed by atoms with Gasteiger partial charge in [-0.25, -0.2) is 0 Å². The van der Waals surface area contributed by atoms with E-state index in [0.717, 1.165) is 5.56 Å². The van der Waals surface area contributed by atoms with Crippen LogP contribution < -0.4 is 0 Å². The molecule has 0 saturated heterocycles. The van der Waals surface area contributed by atoms with Gasteiger partial charge in [-0.15, -0.1) is 0 Å². The SMILES string of the molecule is C/C=C(/C)c1cccc(C#N)c1.CC. The van der Waals surface area contributed by atoms with E-state index in [0.29, 0.717) is 5.56 Å². The highest BCUT2D eigenvalue weighted by Crippen LogP contribution is 2.14. The molecule has 0 unspecified atom stereocenters.